The third-order valence-electron chi connectivity index (χ3n) is 2.73. The molecule has 0 spiro atoms. The standard InChI is InChI=1S/C11H14FNO.ClH/c12-9-5-3-7(4-6-9)10(13)11(14)8-1-2-8;/h3-6,8,10-11,14H,1-2,13H2;1H/t10-,11+;/m0./s1. The van der Waals surface area contributed by atoms with E-state index in [1.54, 1.807) is 12.1 Å². The topological polar surface area (TPSA) is 46.2 Å². The average Bonchev–Trinajstić information content (AvgIpc) is 3.00. The molecule has 0 aliphatic heterocycles. The number of halogens is 2. The molecule has 2 atom stereocenters. The summed E-state index contributed by atoms with van der Waals surface area (Å²) in [7, 11) is 0. The maximum absolute atomic E-state index is 12.6. The first kappa shape index (κ1) is 12.4. The normalized spacial score (nSPS) is 19.1. The predicted molar refractivity (Wildman–Crippen MR) is 59.3 cm³/mol. The van der Waals surface area contributed by atoms with Gasteiger partial charge >= 0.3 is 0 Å². The zero-order valence-electron chi connectivity index (χ0n) is 8.27. The summed E-state index contributed by atoms with van der Waals surface area (Å²) in [6.07, 6.45) is 1.62. The molecular formula is C11H15ClFNO. The van der Waals surface area contributed by atoms with Crippen LogP contribution in [0, 0.1) is 11.7 Å². The van der Waals surface area contributed by atoms with E-state index in [9.17, 15) is 9.50 Å². The van der Waals surface area contributed by atoms with Gasteiger partial charge in [0.2, 0.25) is 0 Å². The van der Waals surface area contributed by atoms with Crippen molar-refractivity contribution in [3.63, 3.8) is 0 Å². The Labute approximate surface area is 94.7 Å². The van der Waals surface area contributed by atoms with Crippen molar-refractivity contribution < 1.29 is 9.50 Å². The van der Waals surface area contributed by atoms with Gasteiger partial charge in [0.05, 0.1) is 12.1 Å². The maximum Gasteiger partial charge on any atom is 0.123 e. The number of nitrogens with two attached hydrogens (primary N) is 1. The van der Waals surface area contributed by atoms with Crippen LogP contribution in [0.25, 0.3) is 0 Å². The van der Waals surface area contributed by atoms with E-state index in [1.807, 2.05) is 0 Å². The fourth-order valence-electron chi connectivity index (χ4n) is 1.61. The Morgan fingerprint density at radius 1 is 1.27 bits per heavy atom. The average molecular weight is 232 g/mol. The Balaban J connectivity index is 0.00000112. The van der Waals surface area contributed by atoms with Crippen molar-refractivity contribution in [1.29, 1.82) is 0 Å². The number of hydrogen-bond donors (Lipinski definition) is 2. The zero-order chi connectivity index (χ0) is 10.1. The predicted octanol–water partition coefficient (Wildman–Crippen LogP) is 2.02. The summed E-state index contributed by atoms with van der Waals surface area (Å²) in [6, 6.07) is 5.61. The third kappa shape index (κ3) is 2.91. The molecule has 0 unspecified atom stereocenters. The van der Waals surface area contributed by atoms with Crippen molar-refractivity contribution in [2.45, 2.75) is 25.0 Å². The second-order valence-electron chi connectivity index (χ2n) is 3.91. The number of benzene rings is 1. The second kappa shape index (κ2) is 4.92. The summed E-state index contributed by atoms with van der Waals surface area (Å²) in [5, 5.41) is 9.76. The first-order valence-electron chi connectivity index (χ1n) is 4.87. The number of rotatable bonds is 3. The summed E-state index contributed by atoms with van der Waals surface area (Å²) < 4.78 is 12.6. The molecule has 3 N–H and O–H groups in total. The Kier molecular flexibility index (Phi) is 4.08. The van der Waals surface area contributed by atoms with E-state index < -0.39 is 6.10 Å². The zero-order valence-corrected chi connectivity index (χ0v) is 9.08. The first-order valence-corrected chi connectivity index (χ1v) is 4.87. The molecule has 0 bridgehead atoms. The molecular weight excluding hydrogens is 217 g/mol. The molecule has 2 nitrogen and oxygen atoms in total. The second-order valence-corrected chi connectivity index (χ2v) is 3.91. The Morgan fingerprint density at radius 2 is 1.80 bits per heavy atom. The van der Waals surface area contributed by atoms with Crippen LogP contribution in [0.3, 0.4) is 0 Å². The molecule has 15 heavy (non-hydrogen) atoms. The Bertz CT molecular complexity index is 313. The van der Waals surface area contributed by atoms with Crippen molar-refractivity contribution in [3.05, 3.63) is 35.6 Å². The van der Waals surface area contributed by atoms with Gasteiger partial charge in [0.15, 0.2) is 0 Å². The van der Waals surface area contributed by atoms with E-state index in [0.29, 0.717) is 5.92 Å². The summed E-state index contributed by atoms with van der Waals surface area (Å²) >= 11 is 0. The molecule has 1 aliphatic carbocycles. The molecule has 1 aromatic carbocycles. The van der Waals surface area contributed by atoms with Crippen LogP contribution in [0.4, 0.5) is 4.39 Å². The lowest BCUT2D eigenvalue weighted by Crippen LogP contribution is -2.27. The minimum atomic E-state index is -0.486. The molecule has 1 fully saturated rings. The molecule has 0 aromatic heterocycles. The minimum Gasteiger partial charge on any atom is -0.391 e. The maximum atomic E-state index is 12.6. The molecule has 1 aliphatic rings. The van der Waals surface area contributed by atoms with Crippen molar-refractivity contribution in [2.24, 2.45) is 11.7 Å². The summed E-state index contributed by atoms with van der Waals surface area (Å²) in [4.78, 5) is 0. The smallest absolute Gasteiger partial charge is 0.123 e. The van der Waals surface area contributed by atoms with Crippen LogP contribution in [0.2, 0.25) is 0 Å². The number of aliphatic hydroxyl groups is 1. The van der Waals surface area contributed by atoms with Crippen molar-refractivity contribution in [2.75, 3.05) is 0 Å². The molecule has 0 saturated heterocycles. The van der Waals surface area contributed by atoms with Gasteiger partial charge in [-0.05, 0) is 36.5 Å². The van der Waals surface area contributed by atoms with Crippen molar-refractivity contribution in [3.8, 4) is 0 Å². The van der Waals surface area contributed by atoms with Gasteiger partial charge in [-0.1, -0.05) is 12.1 Å². The highest BCUT2D eigenvalue weighted by Gasteiger charge is 2.34. The quantitative estimate of drug-likeness (QED) is 0.836. The van der Waals surface area contributed by atoms with Gasteiger partial charge < -0.3 is 10.8 Å². The van der Waals surface area contributed by atoms with Crippen LogP contribution >= 0.6 is 12.4 Å². The van der Waals surface area contributed by atoms with Gasteiger partial charge in [-0.15, -0.1) is 12.4 Å². The van der Waals surface area contributed by atoms with Gasteiger partial charge in [0.25, 0.3) is 0 Å². The summed E-state index contributed by atoms with van der Waals surface area (Å²) in [5.41, 5.74) is 6.65. The van der Waals surface area contributed by atoms with Gasteiger partial charge in [-0.25, -0.2) is 4.39 Å². The lowest BCUT2D eigenvalue weighted by Gasteiger charge is -2.18. The molecule has 0 amide bonds. The minimum absolute atomic E-state index is 0. The van der Waals surface area contributed by atoms with E-state index in [0.717, 1.165) is 18.4 Å². The fraction of sp³-hybridized carbons (Fsp3) is 0.455. The van der Waals surface area contributed by atoms with Crippen LogP contribution in [0.15, 0.2) is 24.3 Å². The fourth-order valence-corrected chi connectivity index (χ4v) is 1.61. The highest BCUT2D eigenvalue weighted by molar-refractivity contribution is 5.85. The van der Waals surface area contributed by atoms with Gasteiger partial charge in [-0.2, -0.15) is 0 Å². The number of aliphatic hydroxyl groups excluding tert-OH is 1. The van der Waals surface area contributed by atoms with Gasteiger partial charge in [-0.3, -0.25) is 0 Å². The first-order chi connectivity index (χ1) is 6.68. The number of hydrogen-bond acceptors (Lipinski definition) is 2. The molecule has 1 saturated carbocycles. The third-order valence-corrected chi connectivity index (χ3v) is 2.73. The van der Waals surface area contributed by atoms with Crippen LogP contribution in [-0.2, 0) is 0 Å². The lowest BCUT2D eigenvalue weighted by atomic mass is 9.99. The summed E-state index contributed by atoms with van der Waals surface area (Å²) in [6.45, 7) is 0. The molecule has 4 heteroatoms. The summed E-state index contributed by atoms with van der Waals surface area (Å²) in [5.74, 6) is 0.0666. The van der Waals surface area contributed by atoms with Crippen LogP contribution < -0.4 is 5.73 Å². The largest absolute Gasteiger partial charge is 0.391 e. The molecule has 1 aromatic rings. The van der Waals surface area contributed by atoms with E-state index in [1.165, 1.54) is 12.1 Å². The van der Waals surface area contributed by atoms with Gasteiger partial charge in [0, 0.05) is 0 Å². The van der Waals surface area contributed by atoms with Crippen LogP contribution in [0.1, 0.15) is 24.4 Å². The monoisotopic (exact) mass is 231 g/mol. The Morgan fingerprint density at radius 3 is 2.27 bits per heavy atom. The molecule has 0 radical (unpaired) electrons. The van der Waals surface area contributed by atoms with Crippen LogP contribution in [0.5, 0.6) is 0 Å². The van der Waals surface area contributed by atoms with E-state index in [4.69, 9.17) is 5.73 Å². The van der Waals surface area contributed by atoms with E-state index >= 15 is 0 Å². The van der Waals surface area contributed by atoms with Crippen molar-refractivity contribution >= 4 is 12.4 Å². The highest BCUT2D eigenvalue weighted by atomic mass is 35.5. The Hall–Kier alpha value is -0.640. The van der Waals surface area contributed by atoms with Crippen LogP contribution in [-0.4, -0.2) is 11.2 Å². The van der Waals surface area contributed by atoms with Crippen molar-refractivity contribution in [1.82, 2.24) is 0 Å². The molecule has 0 heterocycles. The lowest BCUT2D eigenvalue weighted by molar-refractivity contribution is 0.122. The highest BCUT2D eigenvalue weighted by Crippen LogP contribution is 2.37. The van der Waals surface area contributed by atoms with Gasteiger partial charge in [0.1, 0.15) is 5.82 Å². The van der Waals surface area contributed by atoms with E-state index in [2.05, 4.69) is 0 Å². The molecule has 84 valence electrons. The molecule has 2 rings (SSSR count). The van der Waals surface area contributed by atoms with E-state index in [-0.39, 0.29) is 24.3 Å². The SMILES string of the molecule is Cl.N[C@@H](c1ccc(F)cc1)[C@H](O)C1CC1.